The van der Waals surface area contributed by atoms with Crippen molar-refractivity contribution in [1.82, 2.24) is 29.7 Å². The number of aromatic nitrogens is 4. The monoisotopic (exact) mass is 696 g/mol. The van der Waals surface area contributed by atoms with Gasteiger partial charge < -0.3 is 19.4 Å². The Morgan fingerprint density at radius 3 is 1.44 bits per heavy atom. The number of aromatic amines is 2. The van der Waals surface area contributed by atoms with Crippen LogP contribution < -0.4 is 0 Å². The van der Waals surface area contributed by atoms with E-state index >= 15 is 0 Å². The second-order valence-corrected chi connectivity index (χ2v) is 13.2. The van der Waals surface area contributed by atoms with Crippen LogP contribution in [0.3, 0.4) is 0 Å². The largest absolute Gasteiger partial charge is 0.444 e. The maximum absolute atomic E-state index is 13.0. The molecule has 2 fully saturated rings. The Morgan fingerprint density at radius 1 is 0.596 bits per heavy atom. The van der Waals surface area contributed by atoms with Gasteiger partial charge in [-0.2, -0.15) is 0 Å². The van der Waals surface area contributed by atoms with E-state index in [1.54, 1.807) is 0 Å². The van der Waals surface area contributed by atoms with Crippen LogP contribution in [0.4, 0.5) is 9.59 Å². The highest BCUT2D eigenvalue weighted by Gasteiger charge is 2.41. The summed E-state index contributed by atoms with van der Waals surface area (Å²) >= 11 is 0. The van der Waals surface area contributed by atoms with Gasteiger partial charge in [0.05, 0.1) is 22.1 Å². The minimum Gasteiger partial charge on any atom is -0.444 e. The number of likely N-dealkylation sites (tertiary alicyclic amines) is 2. The van der Waals surface area contributed by atoms with Gasteiger partial charge in [0.15, 0.2) is 0 Å². The second-order valence-electron chi connectivity index (χ2n) is 13.2. The topological polar surface area (TPSA) is 151 Å². The van der Waals surface area contributed by atoms with E-state index in [0.717, 1.165) is 57.2 Å². The Kier molecular flexibility index (Phi) is 8.94. The molecule has 0 unspecified atom stereocenters. The van der Waals surface area contributed by atoms with Crippen molar-refractivity contribution in [3.05, 3.63) is 131 Å². The molecule has 0 bridgehead atoms. The molecule has 4 aromatic carbocycles. The number of benzene rings is 4. The van der Waals surface area contributed by atoms with Crippen molar-refractivity contribution in [3.63, 3.8) is 0 Å². The summed E-state index contributed by atoms with van der Waals surface area (Å²) in [5.41, 5.74) is 7.06. The highest BCUT2D eigenvalue weighted by molar-refractivity contribution is 5.95. The fourth-order valence-corrected chi connectivity index (χ4v) is 6.99. The molecular weight excluding hydrogens is 660 g/mol. The van der Waals surface area contributed by atoms with Crippen molar-refractivity contribution in [2.24, 2.45) is 0 Å². The highest BCUT2D eigenvalue weighted by atomic mass is 16.6. The van der Waals surface area contributed by atoms with Crippen molar-refractivity contribution in [3.8, 4) is 0 Å². The molecule has 52 heavy (non-hydrogen) atoms. The first kappa shape index (κ1) is 32.9. The number of rotatable bonds is 9. The molecule has 0 saturated carbocycles. The molecule has 4 heterocycles. The van der Waals surface area contributed by atoms with E-state index in [2.05, 4.69) is 22.1 Å². The Hall–Kier alpha value is -6.30. The lowest BCUT2D eigenvalue weighted by Gasteiger charge is -2.20. The van der Waals surface area contributed by atoms with Gasteiger partial charge in [0.2, 0.25) is 11.8 Å². The van der Waals surface area contributed by atoms with Gasteiger partial charge in [0.25, 0.3) is 0 Å². The zero-order chi connectivity index (χ0) is 35.6. The quantitative estimate of drug-likeness (QED) is 0.161. The minimum absolute atomic E-state index is 0.0836. The van der Waals surface area contributed by atoms with Gasteiger partial charge in [0, 0.05) is 12.8 Å². The first-order valence-electron chi connectivity index (χ1n) is 17.4. The Bertz CT molecular complexity index is 2120. The molecular formula is C40H36N6O6. The molecule has 12 heteroatoms. The summed E-state index contributed by atoms with van der Waals surface area (Å²) in [5, 5.41) is 0. The average molecular weight is 697 g/mol. The van der Waals surface area contributed by atoms with Crippen LogP contribution in [0.25, 0.3) is 22.1 Å². The van der Waals surface area contributed by atoms with Crippen LogP contribution in [-0.2, 0) is 45.1 Å². The molecule has 6 aromatic rings. The summed E-state index contributed by atoms with van der Waals surface area (Å²) in [6.45, 7) is 0.167. The van der Waals surface area contributed by atoms with Gasteiger partial charge in [-0.3, -0.25) is 9.59 Å². The Balaban J connectivity index is 0.918. The van der Waals surface area contributed by atoms with Crippen LogP contribution in [0.1, 0.15) is 71.7 Å². The van der Waals surface area contributed by atoms with Crippen molar-refractivity contribution in [2.75, 3.05) is 0 Å². The highest BCUT2D eigenvalue weighted by Crippen LogP contribution is 2.35. The third kappa shape index (κ3) is 6.74. The van der Waals surface area contributed by atoms with Gasteiger partial charge in [-0.15, -0.1) is 0 Å². The number of aryl methyl sites for hydroxylation is 2. The number of hydrogen-bond acceptors (Lipinski definition) is 8. The average Bonchev–Trinajstić information content (AvgIpc) is 3.97. The second kappa shape index (κ2) is 14.1. The molecule has 2 N–H and O–H groups in total. The van der Waals surface area contributed by atoms with Crippen LogP contribution in [0.2, 0.25) is 0 Å². The number of H-pyrrole nitrogens is 2. The number of imidazole rings is 2. The standard InChI is InChI=1S/C40H36N6O6/c47-35-19-17-33(45(35)39(49)51-23-27-7-3-1-4-8-27)37-41-29-15-13-25(21-31(29)43-37)11-12-26-14-16-30-32(22-26)44-38(42-30)34-18-20-36(48)46(34)40(50)52-24-28-9-5-2-6-10-28/h1-10,13-16,21-22,33-34H,11-12,17-20,23-24H2,(H,41,43)(H,42,44)/t33-,34-/m0/s1. The number of imide groups is 2. The zero-order valence-corrected chi connectivity index (χ0v) is 28.3. The summed E-state index contributed by atoms with van der Waals surface area (Å²) in [7, 11) is 0. The Morgan fingerprint density at radius 2 is 1.02 bits per heavy atom. The number of hydrogen-bond donors (Lipinski definition) is 2. The van der Waals surface area contributed by atoms with Crippen LogP contribution in [0.5, 0.6) is 0 Å². The van der Waals surface area contributed by atoms with Crippen molar-refractivity contribution < 1.29 is 28.7 Å². The fraction of sp³-hybridized carbons (Fsp3) is 0.250. The number of fused-ring (bicyclic) bond motifs is 2. The number of ether oxygens (including phenoxy) is 2. The van der Waals surface area contributed by atoms with Crippen molar-refractivity contribution in [2.45, 2.75) is 63.8 Å². The molecule has 4 amide bonds. The lowest BCUT2D eigenvalue weighted by molar-refractivity contribution is -0.128. The predicted molar refractivity (Wildman–Crippen MR) is 190 cm³/mol. The van der Waals surface area contributed by atoms with Crippen molar-refractivity contribution in [1.29, 1.82) is 0 Å². The summed E-state index contributed by atoms with van der Waals surface area (Å²) in [4.78, 5) is 69.9. The van der Waals surface area contributed by atoms with Gasteiger partial charge in [-0.05, 0) is 72.2 Å². The molecule has 262 valence electrons. The molecule has 8 rings (SSSR count). The maximum atomic E-state index is 13.0. The number of carbonyl (C=O) groups is 4. The number of nitrogens with one attached hydrogen (secondary N) is 2. The smallest absolute Gasteiger partial charge is 0.417 e. The summed E-state index contributed by atoms with van der Waals surface area (Å²) < 4.78 is 11.0. The molecule has 2 atom stereocenters. The van der Waals surface area contributed by atoms with E-state index in [0.29, 0.717) is 24.5 Å². The fourth-order valence-electron chi connectivity index (χ4n) is 6.99. The first-order valence-corrected chi connectivity index (χ1v) is 17.4. The van der Waals surface area contributed by atoms with E-state index in [1.807, 2.05) is 84.9 Å². The summed E-state index contributed by atoms with van der Waals surface area (Å²) in [5.74, 6) is 0.561. The molecule has 0 radical (unpaired) electrons. The van der Waals surface area contributed by atoms with Crippen LogP contribution in [0, 0.1) is 0 Å². The molecule has 0 aliphatic carbocycles. The number of nitrogens with zero attached hydrogens (tertiary/aromatic N) is 4. The molecule has 2 saturated heterocycles. The van der Waals surface area contributed by atoms with E-state index in [9.17, 15) is 19.2 Å². The molecule has 12 nitrogen and oxygen atoms in total. The van der Waals surface area contributed by atoms with E-state index in [4.69, 9.17) is 19.4 Å². The normalized spacial score (nSPS) is 17.4. The van der Waals surface area contributed by atoms with E-state index in [-0.39, 0.29) is 37.9 Å². The number of amides is 4. The SMILES string of the molecule is O=C1CC[C@@H](c2nc3ccc(CCc4ccc5nc([C@@H]6CCC(=O)N6C(=O)OCc6ccccc6)[nH]c5c4)cc3[nH]2)N1C(=O)OCc1ccccc1. The lowest BCUT2D eigenvalue weighted by atomic mass is 10.0. The summed E-state index contributed by atoms with van der Waals surface area (Å²) in [6.07, 6.45) is 1.60. The van der Waals surface area contributed by atoms with Crippen LogP contribution in [0.15, 0.2) is 97.1 Å². The first-order chi connectivity index (χ1) is 25.4. The molecule has 2 aliphatic heterocycles. The molecule has 0 spiro atoms. The third-order valence-electron chi connectivity index (χ3n) is 9.69. The van der Waals surface area contributed by atoms with Gasteiger partial charge in [-0.1, -0.05) is 72.8 Å². The zero-order valence-electron chi connectivity index (χ0n) is 28.3. The third-order valence-corrected chi connectivity index (χ3v) is 9.69. The van der Waals surface area contributed by atoms with E-state index < -0.39 is 24.3 Å². The van der Waals surface area contributed by atoms with Gasteiger partial charge in [0.1, 0.15) is 36.9 Å². The van der Waals surface area contributed by atoms with Gasteiger partial charge >= 0.3 is 12.2 Å². The predicted octanol–water partition coefficient (Wildman–Crippen LogP) is 7.23. The maximum Gasteiger partial charge on any atom is 0.417 e. The summed E-state index contributed by atoms with van der Waals surface area (Å²) in [6, 6.07) is 29.7. The van der Waals surface area contributed by atoms with Gasteiger partial charge in [-0.25, -0.2) is 29.4 Å². The molecule has 2 aromatic heterocycles. The van der Waals surface area contributed by atoms with Crippen molar-refractivity contribution >= 4 is 46.1 Å². The van der Waals surface area contributed by atoms with E-state index in [1.165, 1.54) is 9.80 Å². The Labute approximate surface area is 298 Å². The van der Waals surface area contributed by atoms with Crippen LogP contribution >= 0.6 is 0 Å². The lowest BCUT2D eigenvalue weighted by Crippen LogP contribution is -2.35. The number of carbonyl (C=O) groups excluding carboxylic acids is 4. The van der Waals surface area contributed by atoms with Crippen LogP contribution in [-0.4, -0.2) is 53.7 Å². The minimum atomic E-state index is -0.672. The molecule has 2 aliphatic rings.